The molecular formula is C21H25N7O7. The number of amides is 1. The van der Waals surface area contributed by atoms with Crippen molar-refractivity contribution in [3.63, 3.8) is 0 Å². The van der Waals surface area contributed by atoms with Gasteiger partial charge in [-0.3, -0.25) is 24.2 Å². The first-order valence-corrected chi connectivity index (χ1v) is 10.6. The number of anilines is 4. The number of carboxylic acids is 2. The van der Waals surface area contributed by atoms with Crippen molar-refractivity contribution in [1.82, 2.24) is 15.3 Å². The van der Waals surface area contributed by atoms with Crippen molar-refractivity contribution in [2.75, 3.05) is 34.8 Å². The van der Waals surface area contributed by atoms with Crippen molar-refractivity contribution in [3.8, 4) is 0 Å². The van der Waals surface area contributed by atoms with E-state index in [1.165, 1.54) is 12.1 Å². The third kappa shape index (κ3) is 6.25. The molecule has 3 atom stereocenters. The van der Waals surface area contributed by atoms with Gasteiger partial charge in [0.25, 0.3) is 11.5 Å². The molecule has 1 aliphatic heterocycles. The van der Waals surface area contributed by atoms with Crippen LogP contribution in [0.15, 0.2) is 29.1 Å². The first-order valence-electron chi connectivity index (χ1n) is 10.6. The molecule has 1 amide bonds. The van der Waals surface area contributed by atoms with Gasteiger partial charge in [0.1, 0.15) is 23.4 Å². The zero-order valence-electron chi connectivity index (χ0n) is 18.6. The molecule has 0 aliphatic carbocycles. The maximum atomic E-state index is 12.5. The Morgan fingerprint density at radius 3 is 2.46 bits per heavy atom. The average molecular weight is 487 g/mol. The Bertz CT molecular complexity index is 1180. The Morgan fingerprint density at radius 2 is 1.86 bits per heavy atom. The van der Waals surface area contributed by atoms with Crippen molar-refractivity contribution < 1.29 is 29.4 Å². The third-order valence-corrected chi connectivity index (χ3v) is 5.37. The SMILES string of the molecule is CC(=O)C(C[C@H](NC(=O)c1ccc(NCC2CNc3nc(N)[nH]c(=O)c3N2)cc1)C(=O)O)C(=O)O. The van der Waals surface area contributed by atoms with Crippen molar-refractivity contribution in [3.05, 3.63) is 40.2 Å². The fraction of sp³-hybridized carbons (Fsp3) is 0.333. The fourth-order valence-electron chi connectivity index (χ4n) is 3.47. The van der Waals surface area contributed by atoms with Crippen molar-refractivity contribution in [1.29, 1.82) is 0 Å². The van der Waals surface area contributed by atoms with E-state index >= 15 is 0 Å². The molecule has 0 bridgehead atoms. The van der Waals surface area contributed by atoms with Crippen LogP contribution < -0.4 is 32.6 Å². The summed E-state index contributed by atoms with van der Waals surface area (Å²) in [5, 5.41) is 30.0. The number of aromatic nitrogens is 2. The summed E-state index contributed by atoms with van der Waals surface area (Å²) >= 11 is 0. The molecule has 0 saturated carbocycles. The van der Waals surface area contributed by atoms with Crippen LogP contribution in [0.25, 0.3) is 0 Å². The molecular weight excluding hydrogens is 462 g/mol. The van der Waals surface area contributed by atoms with Crippen LogP contribution in [0.5, 0.6) is 0 Å². The Kier molecular flexibility index (Phi) is 7.53. The van der Waals surface area contributed by atoms with E-state index in [0.29, 0.717) is 24.6 Å². The van der Waals surface area contributed by atoms with Crippen LogP contribution in [0.2, 0.25) is 0 Å². The lowest BCUT2D eigenvalue weighted by molar-refractivity contribution is -0.147. The van der Waals surface area contributed by atoms with E-state index in [1.807, 2.05) is 0 Å². The standard InChI is InChI=1S/C21H25N7O7/c1-9(29)13(19(32)33)6-14(20(34)35)26-17(30)10-2-4-11(5-3-10)23-7-12-8-24-16-15(25-12)18(31)28-21(22)27-16/h2-5,12-14,23,25H,6-8H2,1H3,(H,26,30)(H,32,33)(H,34,35)(H4,22,24,27,28,31)/t12?,13?,14-/m0/s1. The molecule has 3 rings (SSSR count). The van der Waals surface area contributed by atoms with Gasteiger partial charge < -0.3 is 37.2 Å². The Labute approximate surface area is 198 Å². The Morgan fingerprint density at radius 1 is 1.17 bits per heavy atom. The summed E-state index contributed by atoms with van der Waals surface area (Å²) < 4.78 is 0. The van der Waals surface area contributed by atoms with E-state index in [1.54, 1.807) is 12.1 Å². The highest BCUT2D eigenvalue weighted by Gasteiger charge is 2.31. The number of aromatic amines is 1. The zero-order chi connectivity index (χ0) is 25.7. The molecule has 35 heavy (non-hydrogen) atoms. The van der Waals surface area contributed by atoms with E-state index in [4.69, 9.17) is 10.8 Å². The topological polar surface area (TPSA) is 229 Å². The van der Waals surface area contributed by atoms with Crippen molar-refractivity contribution in [2.24, 2.45) is 5.92 Å². The quantitative estimate of drug-likeness (QED) is 0.199. The molecule has 2 heterocycles. The minimum atomic E-state index is -1.55. The number of nitrogens with zero attached hydrogens (tertiary/aromatic N) is 1. The van der Waals surface area contributed by atoms with E-state index < -0.39 is 47.6 Å². The minimum absolute atomic E-state index is 0.0129. The maximum absolute atomic E-state index is 12.5. The molecule has 0 saturated heterocycles. The minimum Gasteiger partial charge on any atom is -0.481 e. The lowest BCUT2D eigenvalue weighted by Crippen LogP contribution is -2.44. The second-order valence-electron chi connectivity index (χ2n) is 7.96. The summed E-state index contributed by atoms with van der Waals surface area (Å²) in [5.41, 5.74) is 6.24. The van der Waals surface area contributed by atoms with Crippen molar-refractivity contribution in [2.45, 2.75) is 25.4 Å². The summed E-state index contributed by atoms with van der Waals surface area (Å²) in [4.78, 5) is 65.1. The van der Waals surface area contributed by atoms with Gasteiger partial charge >= 0.3 is 11.9 Å². The van der Waals surface area contributed by atoms with Gasteiger partial charge in [0.05, 0.1) is 6.04 Å². The van der Waals surface area contributed by atoms with E-state index in [0.717, 1.165) is 6.92 Å². The maximum Gasteiger partial charge on any atom is 0.326 e. The number of nitrogen functional groups attached to an aromatic ring is 1. The number of rotatable bonds is 10. The van der Waals surface area contributed by atoms with Crippen LogP contribution in [-0.4, -0.2) is 69.0 Å². The molecule has 1 aromatic carbocycles. The lowest BCUT2D eigenvalue weighted by Gasteiger charge is -2.27. The van der Waals surface area contributed by atoms with Crippen LogP contribution >= 0.6 is 0 Å². The number of nitrogens with one attached hydrogen (secondary N) is 5. The van der Waals surface area contributed by atoms with Crippen LogP contribution in [0.3, 0.4) is 0 Å². The first-order chi connectivity index (χ1) is 16.5. The number of hydrogen-bond donors (Lipinski definition) is 8. The smallest absolute Gasteiger partial charge is 0.326 e. The molecule has 1 aliphatic rings. The second kappa shape index (κ2) is 10.5. The number of benzene rings is 1. The van der Waals surface area contributed by atoms with E-state index in [-0.39, 0.29) is 23.2 Å². The van der Waals surface area contributed by atoms with Gasteiger partial charge in [-0.25, -0.2) is 4.79 Å². The fourth-order valence-corrected chi connectivity index (χ4v) is 3.47. The summed E-state index contributed by atoms with van der Waals surface area (Å²) in [5.74, 6) is -5.49. The number of carbonyl (C=O) groups is 4. The number of Topliss-reactive ketones (excluding diaryl/α,β-unsaturated/α-hetero) is 1. The number of H-pyrrole nitrogens is 1. The van der Waals surface area contributed by atoms with Crippen LogP contribution in [0.4, 0.5) is 23.1 Å². The first kappa shape index (κ1) is 25.0. The summed E-state index contributed by atoms with van der Waals surface area (Å²) in [6.45, 7) is 1.95. The number of hydrogen-bond acceptors (Lipinski definition) is 10. The van der Waals surface area contributed by atoms with Crippen LogP contribution in [0, 0.1) is 5.92 Å². The largest absolute Gasteiger partial charge is 0.481 e. The molecule has 1 aromatic heterocycles. The van der Waals surface area contributed by atoms with Crippen molar-refractivity contribution >= 4 is 46.8 Å². The average Bonchev–Trinajstić information content (AvgIpc) is 2.80. The number of carboxylic acid groups (broad SMARTS) is 2. The number of nitrogens with two attached hydrogens (primary N) is 1. The number of carbonyl (C=O) groups excluding carboxylic acids is 2. The molecule has 9 N–H and O–H groups in total. The highest BCUT2D eigenvalue weighted by atomic mass is 16.4. The van der Waals surface area contributed by atoms with E-state index in [9.17, 15) is 29.1 Å². The molecule has 0 spiro atoms. The number of fused-ring (bicyclic) bond motifs is 1. The molecule has 14 heteroatoms. The van der Waals surface area contributed by atoms with Gasteiger partial charge in [0, 0.05) is 24.3 Å². The Hall–Kier alpha value is -4.62. The lowest BCUT2D eigenvalue weighted by atomic mass is 9.96. The second-order valence-corrected chi connectivity index (χ2v) is 7.96. The molecule has 2 aromatic rings. The van der Waals surface area contributed by atoms with Gasteiger partial charge in [-0.1, -0.05) is 0 Å². The zero-order valence-corrected chi connectivity index (χ0v) is 18.6. The molecule has 14 nitrogen and oxygen atoms in total. The summed E-state index contributed by atoms with van der Waals surface area (Å²) in [6.07, 6.45) is -0.568. The predicted molar refractivity (Wildman–Crippen MR) is 125 cm³/mol. The van der Waals surface area contributed by atoms with Crippen LogP contribution in [-0.2, 0) is 14.4 Å². The predicted octanol–water partition coefficient (Wildman–Crippen LogP) is -0.467. The van der Waals surface area contributed by atoms with E-state index in [2.05, 4.69) is 31.2 Å². The van der Waals surface area contributed by atoms with Gasteiger partial charge in [-0.15, -0.1) is 0 Å². The van der Waals surface area contributed by atoms with Gasteiger partial charge in [-0.2, -0.15) is 4.98 Å². The van der Waals surface area contributed by atoms with Gasteiger partial charge in [-0.05, 0) is 37.6 Å². The highest BCUT2D eigenvalue weighted by Crippen LogP contribution is 2.20. The summed E-state index contributed by atoms with van der Waals surface area (Å²) in [6, 6.07) is 4.45. The molecule has 0 radical (unpaired) electrons. The Balaban J connectivity index is 1.57. The number of ketones is 1. The third-order valence-electron chi connectivity index (χ3n) is 5.37. The van der Waals surface area contributed by atoms with Gasteiger partial charge in [0.15, 0.2) is 5.82 Å². The monoisotopic (exact) mass is 487 g/mol. The summed E-state index contributed by atoms with van der Waals surface area (Å²) in [7, 11) is 0. The molecule has 2 unspecified atom stereocenters. The molecule has 186 valence electrons. The van der Waals surface area contributed by atoms with Crippen LogP contribution in [0.1, 0.15) is 23.7 Å². The number of aliphatic carboxylic acids is 2. The highest BCUT2D eigenvalue weighted by molar-refractivity contribution is 5.99. The normalized spacial score (nSPS) is 16.0. The molecule has 0 fully saturated rings. The van der Waals surface area contributed by atoms with Gasteiger partial charge in [0.2, 0.25) is 5.95 Å².